The second-order valence-electron chi connectivity index (χ2n) is 6.90. The van der Waals surface area contributed by atoms with Gasteiger partial charge in [-0.25, -0.2) is 4.98 Å². The second kappa shape index (κ2) is 7.17. The molecule has 2 amide bonds. The molecule has 0 unspecified atom stereocenters. The number of aromatic nitrogens is 1. The molecule has 6 nitrogen and oxygen atoms in total. The van der Waals surface area contributed by atoms with Crippen molar-refractivity contribution in [3.63, 3.8) is 0 Å². The number of aryl methyl sites for hydroxylation is 1. The molecule has 0 bridgehead atoms. The van der Waals surface area contributed by atoms with E-state index >= 15 is 0 Å². The summed E-state index contributed by atoms with van der Waals surface area (Å²) in [5.74, 6) is 0.179. The predicted octanol–water partition coefficient (Wildman–Crippen LogP) is 1.83. The number of benzene rings is 1. The first-order valence-electron chi connectivity index (χ1n) is 8.90. The van der Waals surface area contributed by atoms with E-state index in [2.05, 4.69) is 15.2 Å². The Kier molecular flexibility index (Phi) is 4.74. The number of rotatable bonds is 4. The van der Waals surface area contributed by atoms with Crippen LogP contribution in [-0.2, 0) is 29.0 Å². The van der Waals surface area contributed by atoms with Crippen molar-refractivity contribution < 1.29 is 9.59 Å². The fourth-order valence-corrected chi connectivity index (χ4v) is 4.35. The largest absolute Gasteiger partial charge is 0.340 e. The third kappa shape index (κ3) is 3.78. The topological polar surface area (TPSA) is 65.5 Å². The van der Waals surface area contributed by atoms with Crippen molar-refractivity contribution in [1.82, 2.24) is 14.8 Å². The highest BCUT2D eigenvalue weighted by Crippen LogP contribution is 2.24. The van der Waals surface area contributed by atoms with Gasteiger partial charge in [0.2, 0.25) is 11.8 Å². The van der Waals surface area contributed by atoms with Gasteiger partial charge in [-0.2, -0.15) is 0 Å². The van der Waals surface area contributed by atoms with Gasteiger partial charge in [-0.1, -0.05) is 12.1 Å². The Morgan fingerprint density at radius 2 is 2.08 bits per heavy atom. The number of thiazole rings is 1. The normalized spacial score (nSPS) is 17.3. The number of piperazine rings is 1. The van der Waals surface area contributed by atoms with Gasteiger partial charge in [0.1, 0.15) is 0 Å². The number of anilines is 1. The number of carbonyl (C=O) groups excluding carboxylic acids is 2. The summed E-state index contributed by atoms with van der Waals surface area (Å²) in [6, 6.07) is 5.84. The molecule has 1 aromatic carbocycles. The smallest absolute Gasteiger partial charge is 0.228 e. The summed E-state index contributed by atoms with van der Waals surface area (Å²) in [7, 11) is 0. The average molecular weight is 370 g/mol. The molecule has 1 saturated heterocycles. The molecule has 7 heteroatoms. The van der Waals surface area contributed by atoms with Crippen LogP contribution in [0.5, 0.6) is 0 Å². The number of amides is 2. The van der Waals surface area contributed by atoms with Crippen LogP contribution in [0.3, 0.4) is 0 Å². The minimum absolute atomic E-state index is 0.0238. The van der Waals surface area contributed by atoms with Gasteiger partial charge in [0.15, 0.2) is 0 Å². The summed E-state index contributed by atoms with van der Waals surface area (Å²) in [5.41, 5.74) is 2.82. The monoisotopic (exact) mass is 370 g/mol. The summed E-state index contributed by atoms with van der Waals surface area (Å²) in [5, 5.41) is 3.94. The molecule has 1 fully saturated rings. The van der Waals surface area contributed by atoms with Crippen molar-refractivity contribution in [3.05, 3.63) is 45.4 Å². The Balaban J connectivity index is 1.30. The highest BCUT2D eigenvalue weighted by Gasteiger charge is 2.23. The van der Waals surface area contributed by atoms with Gasteiger partial charge in [-0.05, 0) is 24.1 Å². The zero-order chi connectivity index (χ0) is 18.1. The summed E-state index contributed by atoms with van der Waals surface area (Å²) < 4.78 is 0. The fraction of sp³-hybridized carbons (Fsp3) is 0.421. The third-order valence-corrected chi connectivity index (χ3v) is 5.83. The van der Waals surface area contributed by atoms with Crippen molar-refractivity contribution in [1.29, 1.82) is 0 Å². The van der Waals surface area contributed by atoms with E-state index in [1.165, 1.54) is 4.88 Å². The molecule has 3 heterocycles. The van der Waals surface area contributed by atoms with Crippen LogP contribution in [0.15, 0.2) is 24.4 Å². The van der Waals surface area contributed by atoms with E-state index in [0.29, 0.717) is 12.8 Å². The standard InChI is InChI=1S/C19H22N4O2S/c1-13-20-11-16(26-13)12-22-4-6-23(7-5-22)19(25)9-14-2-3-15-10-18(24)21-17(15)8-14/h2-3,8,11H,4-7,9-10,12H2,1H3,(H,21,24). The van der Waals surface area contributed by atoms with Crippen LogP contribution < -0.4 is 5.32 Å². The van der Waals surface area contributed by atoms with Gasteiger partial charge in [0.25, 0.3) is 0 Å². The number of nitrogens with one attached hydrogen (secondary N) is 1. The lowest BCUT2D eigenvalue weighted by Crippen LogP contribution is -2.48. The lowest BCUT2D eigenvalue weighted by atomic mass is 10.1. The van der Waals surface area contributed by atoms with Gasteiger partial charge in [0.05, 0.1) is 17.8 Å². The third-order valence-electron chi connectivity index (χ3n) is 4.93. The molecule has 0 spiro atoms. The van der Waals surface area contributed by atoms with Crippen LogP contribution in [0.25, 0.3) is 0 Å². The summed E-state index contributed by atoms with van der Waals surface area (Å²) >= 11 is 1.74. The molecular weight excluding hydrogens is 348 g/mol. The van der Waals surface area contributed by atoms with Crippen LogP contribution in [0.2, 0.25) is 0 Å². The zero-order valence-corrected chi connectivity index (χ0v) is 15.6. The lowest BCUT2D eigenvalue weighted by molar-refractivity contribution is -0.132. The molecule has 136 valence electrons. The van der Waals surface area contributed by atoms with Crippen LogP contribution >= 0.6 is 11.3 Å². The Morgan fingerprint density at radius 3 is 2.81 bits per heavy atom. The molecule has 0 aliphatic carbocycles. The number of hydrogen-bond acceptors (Lipinski definition) is 5. The first kappa shape index (κ1) is 17.2. The number of fused-ring (bicyclic) bond motifs is 1. The Morgan fingerprint density at radius 1 is 1.27 bits per heavy atom. The van der Waals surface area contributed by atoms with Gasteiger partial charge < -0.3 is 10.2 Å². The highest BCUT2D eigenvalue weighted by molar-refractivity contribution is 7.11. The van der Waals surface area contributed by atoms with Crippen molar-refractivity contribution in [2.45, 2.75) is 26.3 Å². The molecule has 0 radical (unpaired) electrons. The van der Waals surface area contributed by atoms with E-state index in [9.17, 15) is 9.59 Å². The minimum atomic E-state index is 0.0238. The van der Waals surface area contributed by atoms with E-state index in [0.717, 1.165) is 54.5 Å². The predicted molar refractivity (Wildman–Crippen MR) is 101 cm³/mol. The molecule has 1 N–H and O–H groups in total. The van der Waals surface area contributed by atoms with Crippen LogP contribution in [-0.4, -0.2) is 52.8 Å². The zero-order valence-electron chi connectivity index (χ0n) is 14.8. The van der Waals surface area contributed by atoms with Crippen molar-refractivity contribution >= 4 is 28.8 Å². The van der Waals surface area contributed by atoms with E-state index in [1.807, 2.05) is 36.2 Å². The van der Waals surface area contributed by atoms with Gasteiger partial charge in [0, 0.05) is 49.5 Å². The average Bonchev–Trinajstić information content (AvgIpc) is 3.19. The summed E-state index contributed by atoms with van der Waals surface area (Å²) in [4.78, 5) is 34.0. The number of hydrogen-bond donors (Lipinski definition) is 1. The SMILES string of the molecule is Cc1ncc(CN2CCN(C(=O)Cc3ccc4c(c3)NC(=O)C4)CC2)s1. The summed E-state index contributed by atoms with van der Waals surface area (Å²) in [6.45, 7) is 6.25. The van der Waals surface area contributed by atoms with Crippen molar-refractivity contribution in [2.75, 3.05) is 31.5 Å². The number of nitrogens with zero attached hydrogens (tertiary/aromatic N) is 3. The Hall–Kier alpha value is -2.25. The molecule has 2 aliphatic heterocycles. The molecule has 2 aromatic rings. The van der Waals surface area contributed by atoms with E-state index in [1.54, 1.807) is 11.3 Å². The molecule has 0 saturated carbocycles. The van der Waals surface area contributed by atoms with E-state index in [-0.39, 0.29) is 11.8 Å². The van der Waals surface area contributed by atoms with Gasteiger partial charge >= 0.3 is 0 Å². The van der Waals surface area contributed by atoms with E-state index < -0.39 is 0 Å². The maximum Gasteiger partial charge on any atom is 0.228 e. The second-order valence-corrected chi connectivity index (χ2v) is 8.22. The van der Waals surface area contributed by atoms with Gasteiger partial charge in [-0.3, -0.25) is 14.5 Å². The molecule has 26 heavy (non-hydrogen) atoms. The first-order valence-corrected chi connectivity index (χ1v) is 9.71. The summed E-state index contributed by atoms with van der Waals surface area (Å²) in [6.07, 6.45) is 2.77. The maximum absolute atomic E-state index is 12.6. The molecule has 1 aromatic heterocycles. The Bertz CT molecular complexity index is 840. The number of carbonyl (C=O) groups is 2. The van der Waals surface area contributed by atoms with Crippen LogP contribution in [0.1, 0.15) is 21.0 Å². The molecular formula is C19H22N4O2S. The highest BCUT2D eigenvalue weighted by atomic mass is 32.1. The lowest BCUT2D eigenvalue weighted by Gasteiger charge is -2.34. The van der Waals surface area contributed by atoms with Crippen LogP contribution in [0.4, 0.5) is 5.69 Å². The van der Waals surface area contributed by atoms with Crippen LogP contribution in [0, 0.1) is 6.92 Å². The Labute approximate surface area is 156 Å². The maximum atomic E-state index is 12.6. The minimum Gasteiger partial charge on any atom is -0.340 e. The first-order chi connectivity index (χ1) is 12.6. The fourth-order valence-electron chi connectivity index (χ4n) is 3.51. The van der Waals surface area contributed by atoms with Crippen molar-refractivity contribution in [3.8, 4) is 0 Å². The molecule has 4 rings (SSSR count). The van der Waals surface area contributed by atoms with E-state index in [4.69, 9.17) is 0 Å². The van der Waals surface area contributed by atoms with Crippen molar-refractivity contribution in [2.24, 2.45) is 0 Å². The van der Waals surface area contributed by atoms with Gasteiger partial charge in [-0.15, -0.1) is 11.3 Å². The molecule has 0 atom stereocenters. The molecule has 2 aliphatic rings. The quantitative estimate of drug-likeness (QED) is 0.892.